The fraction of sp³-hybridized carbons (Fsp3) is 0.375. The molecule has 0 spiro atoms. The molecule has 1 unspecified atom stereocenters. The van der Waals surface area contributed by atoms with E-state index in [4.69, 9.17) is 9.26 Å². The van der Waals surface area contributed by atoms with E-state index in [9.17, 15) is 9.18 Å². The lowest BCUT2D eigenvalue weighted by atomic mass is 9.97. The molecule has 0 radical (unpaired) electrons. The summed E-state index contributed by atoms with van der Waals surface area (Å²) in [7, 11) is 0. The maximum absolute atomic E-state index is 13.1. The minimum atomic E-state index is -0.309. The topological polar surface area (TPSA) is 80.5 Å². The minimum absolute atomic E-state index is 0.0414. The van der Waals surface area contributed by atoms with Crippen LogP contribution in [0.3, 0.4) is 0 Å². The molecule has 2 aromatic carbocycles. The number of amides is 1. The van der Waals surface area contributed by atoms with Gasteiger partial charge in [0.2, 0.25) is 17.6 Å². The van der Waals surface area contributed by atoms with Crippen LogP contribution in [-0.2, 0) is 11.3 Å². The second-order valence-corrected chi connectivity index (χ2v) is 8.05. The molecule has 1 N–H and O–H groups in total. The Labute approximate surface area is 186 Å². The van der Waals surface area contributed by atoms with Gasteiger partial charge in [-0.1, -0.05) is 22.9 Å². The molecule has 1 aliphatic heterocycles. The maximum atomic E-state index is 13.1. The van der Waals surface area contributed by atoms with E-state index in [1.54, 1.807) is 12.1 Å². The Morgan fingerprint density at radius 3 is 2.78 bits per heavy atom. The lowest BCUT2D eigenvalue weighted by Crippen LogP contribution is -2.43. The first-order valence-corrected chi connectivity index (χ1v) is 10.8. The third kappa shape index (κ3) is 5.91. The molecule has 4 rings (SSSR count). The SMILES string of the molecule is Cc1ccc(OCCNC(=O)C2CCCN(Cc3nc(-c4ccc(F)cc4)no3)C2)cc1. The summed E-state index contributed by atoms with van der Waals surface area (Å²) >= 11 is 0. The number of carbonyl (C=O) groups excluding carboxylic acids is 1. The van der Waals surface area contributed by atoms with Gasteiger partial charge in [0.25, 0.3) is 0 Å². The quantitative estimate of drug-likeness (QED) is 0.542. The van der Waals surface area contributed by atoms with Gasteiger partial charge < -0.3 is 14.6 Å². The largest absolute Gasteiger partial charge is 0.492 e. The number of halogens is 1. The Kier molecular flexibility index (Phi) is 7.11. The molecule has 1 atom stereocenters. The Balaban J connectivity index is 1.23. The van der Waals surface area contributed by atoms with E-state index in [0.29, 0.717) is 43.5 Å². The van der Waals surface area contributed by atoms with Gasteiger partial charge in [-0.15, -0.1) is 0 Å². The van der Waals surface area contributed by atoms with Crippen LogP contribution in [0.25, 0.3) is 11.4 Å². The van der Waals surface area contributed by atoms with Crippen LogP contribution in [0.5, 0.6) is 5.75 Å². The Hall–Kier alpha value is -3.26. The van der Waals surface area contributed by atoms with Gasteiger partial charge in [0.05, 0.1) is 19.0 Å². The van der Waals surface area contributed by atoms with E-state index < -0.39 is 0 Å². The summed E-state index contributed by atoms with van der Waals surface area (Å²) in [6.45, 7) is 4.91. The molecule has 8 heteroatoms. The molecular weight excluding hydrogens is 411 g/mol. The van der Waals surface area contributed by atoms with Crippen molar-refractivity contribution in [1.82, 2.24) is 20.4 Å². The predicted molar refractivity (Wildman–Crippen MR) is 117 cm³/mol. The second-order valence-electron chi connectivity index (χ2n) is 8.05. The first-order chi connectivity index (χ1) is 15.6. The number of likely N-dealkylation sites (tertiary alicyclic amines) is 1. The highest BCUT2D eigenvalue weighted by molar-refractivity contribution is 5.78. The third-order valence-electron chi connectivity index (χ3n) is 5.50. The van der Waals surface area contributed by atoms with Gasteiger partial charge in [-0.2, -0.15) is 4.98 Å². The highest BCUT2D eigenvalue weighted by Crippen LogP contribution is 2.20. The van der Waals surface area contributed by atoms with Gasteiger partial charge in [0.15, 0.2) is 0 Å². The van der Waals surface area contributed by atoms with Gasteiger partial charge in [-0.25, -0.2) is 4.39 Å². The summed E-state index contributed by atoms with van der Waals surface area (Å²) in [6.07, 6.45) is 1.78. The van der Waals surface area contributed by atoms with Crippen molar-refractivity contribution in [2.24, 2.45) is 5.92 Å². The maximum Gasteiger partial charge on any atom is 0.241 e. The van der Waals surface area contributed by atoms with Gasteiger partial charge in [0.1, 0.15) is 18.2 Å². The summed E-state index contributed by atoms with van der Waals surface area (Å²) in [4.78, 5) is 19.2. The van der Waals surface area contributed by atoms with Crippen LogP contribution < -0.4 is 10.1 Å². The summed E-state index contributed by atoms with van der Waals surface area (Å²) in [5, 5.41) is 6.96. The van der Waals surface area contributed by atoms with E-state index in [2.05, 4.69) is 20.4 Å². The standard InChI is InChI=1S/C24H27FN4O3/c1-17-4-10-21(11-5-17)31-14-12-26-24(30)19-3-2-13-29(15-19)16-22-27-23(28-32-22)18-6-8-20(25)9-7-18/h4-11,19H,2-3,12-16H2,1H3,(H,26,30). The molecule has 168 valence electrons. The molecule has 1 saturated heterocycles. The number of ether oxygens (including phenoxy) is 1. The molecule has 1 amide bonds. The Bertz CT molecular complexity index is 1020. The van der Waals surface area contributed by atoms with Crippen molar-refractivity contribution in [2.75, 3.05) is 26.2 Å². The van der Waals surface area contributed by atoms with E-state index >= 15 is 0 Å². The number of nitrogens with one attached hydrogen (secondary N) is 1. The van der Waals surface area contributed by atoms with E-state index in [0.717, 1.165) is 25.1 Å². The van der Waals surface area contributed by atoms with Gasteiger partial charge >= 0.3 is 0 Å². The summed E-state index contributed by atoms with van der Waals surface area (Å²) in [5.74, 6) is 1.36. The van der Waals surface area contributed by atoms with Gasteiger partial charge in [-0.3, -0.25) is 9.69 Å². The van der Waals surface area contributed by atoms with Crippen LogP contribution in [0, 0.1) is 18.7 Å². The molecule has 7 nitrogen and oxygen atoms in total. The number of nitrogens with zero attached hydrogens (tertiary/aromatic N) is 3. The normalized spacial score (nSPS) is 16.6. The van der Waals surface area contributed by atoms with Crippen LogP contribution in [0.2, 0.25) is 0 Å². The van der Waals surface area contributed by atoms with Crippen LogP contribution >= 0.6 is 0 Å². The summed E-state index contributed by atoms with van der Waals surface area (Å²) in [5.41, 5.74) is 1.88. The molecule has 0 saturated carbocycles. The van der Waals surface area contributed by atoms with Crippen LogP contribution in [0.4, 0.5) is 4.39 Å². The minimum Gasteiger partial charge on any atom is -0.492 e. The predicted octanol–water partition coefficient (Wildman–Crippen LogP) is 3.59. The average Bonchev–Trinajstić information content (AvgIpc) is 3.27. The van der Waals surface area contributed by atoms with Crippen molar-refractivity contribution in [1.29, 1.82) is 0 Å². The Morgan fingerprint density at radius 1 is 1.22 bits per heavy atom. The Morgan fingerprint density at radius 2 is 2.00 bits per heavy atom. The summed E-state index contributed by atoms with van der Waals surface area (Å²) < 4.78 is 24.1. The van der Waals surface area contributed by atoms with Crippen molar-refractivity contribution >= 4 is 5.91 Å². The molecule has 1 aromatic heterocycles. The first kappa shape index (κ1) is 22.0. The lowest BCUT2D eigenvalue weighted by molar-refractivity contribution is -0.126. The fourth-order valence-corrected chi connectivity index (χ4v) is 3.76. The molecule has 2 heterocycles. The smallest absolute Gasteiger partial charge is 0.241 e. The van der Waals surface area contributed by atoms with Crippen molar-refractivity contribution in [3.8, 4) is 17.1 Å². The van der Waals surface area contributed by atoms with Crippen molar-refractivity contribution in [3.63, 3.8) is 0 Å². The highest BCUT2D eigenvalue weighted by Gasteiger charge is 2.26. The fourth-order valence-electron chi connectivity index (χ4n) is 3.76. The monoisotopic (exact) mass is 438 g/mol. The number of benzene rings is 2. The average molecular weight is 439 g/mol. The van der Waals surface area contributed by atoms with Crippen LogP contribution in [-0.4, -0.2) is 47.2 Å². The molecular formula is C24H27FN4O3. The van der Waals surface area contributed by atoms with Gasteiger partial charge in [0, 0.05) is 12.1 Å². The van der Waals surface area contributed by atoms with E-state index in [-0.39, 0.29) is 17.6 Å². The number of piperidine rings is 1. The molecule has 1 fully saturated rings. The number of carbonyl (C=O) groups is 1. The molecule has 1 aliphatic rings. The van der Waals surface area contributed by atoms with Crippen molar-refractivity contribution in [3.05, 3.63) is 65.8 Å². The van der Waals surface area contributed by atoms with E-state index in [1.807, 2.05) is 31.2 Å². The zero-order chi connectivity index (χ0) is 22.3. The lowest BCUT2D eigenvalue weighted by Gasteiger charge is -2.30. The molecule has 0 bridgehead atoms. The summed E-state index contributed by atoms with van der Waals surface area (Å²) in [6, 6.07) is 13.8. The number of rotatable bonds is 8. The number of aryl methyl sites for hydroxylation is 1. The van der Waals surface area contributed by atoms with E-state index in [1.165, 1.54) is 17.7 Å². The third-order valence-corrected chi connectivity index (χ3v) is 5.50. The first-order valence-electron chi connectivity index (χ1n) is 10.8. The zero-order valence-electron chi connectivity index (χ0n) is 18.1. The molecule has 0 aliphatic carbocycles. The van der Waals surface area contributed by atoms with Crippen molar-refractivity contribution < 1.29 is 18.4 Å². The number of hydrogen-bond donors (Lipinski definition) is 1. The zero-order valence-corrected chi connectivity index (χ0v) is 18.1. The molecule has 32 heavy (non-hydrogen) atoms. The molecule has 3 aromatic rings. The van der Waals surface area contributed by atoms with Gasteiger partial charge in [-0.05, 0) is 62.7 Å². The highest BCUT2D eigenvalue weighted by atomic mass is 19.1. The van der Waals surface area contributed by atoms with Crippen molar-refractivity contribution in [2.45, 2.75) is 26.3 Å². The number of aromatic nitrogens is 2. The van der Waals surface area contributed by atoms with Crippen LogP contribution in [0.15, 0.2) is 53.1 Å². The number of hydrogen-bond acceptors (Lipinski definition) is 6. The van der Waals surface area contributed by atoms with Crippen LogP contribution in [0.1, 0.15) is 24.3 Å². The second kappa shape index (κ2) is 10.4.